The summed E-state index contributed by atoms with van der Waals surface area (Å²) in [4.78, 5) is 13.8. The normalized spacial score (nSPS) is 10.3. The topological polar surface area (TPSA) is 29.5 Å². The molecule has 0 unspecified atom stereocenters. The van der Waals surface area contributed by atoms with Crippen molar-refractivity contribution in [2.75, 3.05) is 14.2 Å². The van der Waals surface area contributed by atoms with Gasteiger partial charge in [-0.05, 0) is 35.9 Å². The van der Waals surface area contributed by atoms with Gasteiger partial charge in [0.1, 0.15) is 0 Å². The molecule has 0 N–H and O–H groups in total. The third-order valence-corrected chi connectivity index (χ3v) is 3.33. The molecule has 0 saturated carbocycles. The lowest BCUT2D eigenvalue weighted by Gasteiger charge is -2.17. The highest BCUT2D eigenvalue weighted by atomic mass is 35.5. The van der Waals surface area contributed by atoms with E-state index in [2.05, 4.69) is 0 Å². The minimum atomic E-state index is -0.553. The first-order valence-corrected chi connectivity index (χ1v) is 6.72. The van der Waals surface area contributed by atoms with Crippen molar-refractivity contribution in [1.29, 1.82) is 0 Å². The Bertz CT molecular complexity index is 643. The van der Waals surface area contributed by atoms with Gasteiger partial charge in [-0.2, -0.15) is 0 Å². The summed E-state index contributed by atoms with van der Waals surface area (Å²) in [7, 11) is 3.05. The van der Waals surface area contributed by atoms with Crippen molar-refractivity contribution in [2.24, 2.45) is 0 Å². The summed E-state index contributed by atoms with van der Waals surface area (Å²) >= 11 is 5.82. The van der Waals surface area contributed by atoms with Crippen LogP contribution in [0.4, 0.5) is 4.39 Å². The maximum Gasteiger partial charge on any atom is 0.254 e. The number of hydrogen-bond donors (Lipinski definition) is 0. The van der Waals surface area contributed by atoms with Crippen LogP contribution in [0.3, 0.4) is 0 Å². The van der Waals surface area contributed by atoms with Gasteiger partial charge in [0.2, 0.25) is 0 Å². The van der Waals surface area contributed by atoms with E-state index in [1.54, 1.807) is 25.2 Å². The van der Waals surface area contributed by atoms with Gasteiger partial charge in [0.05, 0.1) is 7.11 Å². The van der Waals surface area contributed by atoms with Gasteiger partial charge in [0.15, 0.2) is 11.6 Å². The van der Waals surface area contributed by atoms with Crippen LogP contribution >= 0.6 is 11.6 Å². The molecule has 0 radical (unpaired) electrons. The van der Waals surface area contributed by atoms with Crippen molar-refractivity contribution >= 4 is 17.5 Å². The fourth-order valence-corrected chi connectivity index (χ4v) is 2.08. The zero-order valence-corrected chi connectivity index (χ0v) is 12.5. The molecule has 0 aliphatic heterocycles. The standard InChI is InChI=1S/C16H15ClFNO2/c1-19(10-11-3-6-13(17)7-4-11)16(20)12-5-8-15(21-2)14(18)9-12/h3-9H,10H2,1-2H3. The SMILES string of the molecule is COc1ccc(C(=O)N(C)Cc2ccc(Cl)cc2)cc1F. The van der Waals surface area contributed by atoms with E-state index in [4.69, 9.17) is 16.3 Å². The molecular formula is C16H15ClFNO2. The monoisotopic (exact) mass is 307 g/mol. The van der Waals surface area contributed by atoms with Gasteiger partial charge in [0.25, 0.3) is 5.91 Å². The minimum absolute atomic E-state index is 0.118. The van der Waals surface area contributed by atoms with E-state index < -0.39 is 5.82 Å². The van der Waals surface area contributed by atoms with E-state index in [-0.39, 0.29) is 17.2 Å². The molecule has 110 valence electrons. The molecule has 0 heterocycles. The van der Waals surface area contributed by atoms with Gasteiger partial charge in [-0.15, -0.1) is 0 Å². The first-order valence-electron chi connectivity index (χ1n) is 6.34. The summed E-state index contributed by atoms with van der Waals surface area (Å²) in [6, 6.07) is 11.4. The molecule has 3 nitrogen and oxygen atoms in total. The van der Waals surface area contributed by atoms with E-state index >= 15 is 0 Å². The summed E-state index contributed by atoms with van der Waals surface area (Å²) in [5.41, 5.74) is 1.23. The number of halogens is 2. The largest absolute Gasteiger partial charge is 0.494 e. The van der Waals surface area contributed by atoms with Crippen molar-refractivity contribution in [3.05, 3.63) is 64.4 Å². The van der Waals surface area contributed by atoms with Crippen LogP contribution in [0.5, 0.6) is 5.75 Å². The van der Waals surface area contributed by atoms with Crippen LogP contribution in [0.2, 0.25) is 5.02 Å². The summed E-state index contributed by atoms with van der Waals surface area (Å²) in [5, 5.41) is 0.643. The van der Waals surface area contributed by atoms with Gasteiger partial charge >= 0.3 is 0 Å². The van der Waals surface area contributed by atoms with Crippen molar-refractivity contribution in [2.45, 2.75) is 6.54 Å². The summed E-state index contributed by atoms with van der Waals surface area (Å²) in [6.07, 6.45) is 0. The van der Waals surface area contributed by atoms with Crippen LogP contribution in [0.1, 0.15) is 15.9 Å². The first-order chi connectivity index (χ1) is 10.0. The van der Waals surface area contributed by atoms with Crippen LogP contribution in [0.15, 0.2) is 42.5 Å². The van der Waals surface area contributed by atoms with Crippen LogP contribution in [0, 0.1) is 5.82 Å². The van der Waals surface area contributed by atoms with E-state index in [1.807, 2.05) is 12.1 Å². The molecule has 0 spiro atoms. The number of carbonyl (C=O) groups is 1. The van der Waals surface area contributed by atoms with Gasteiger partial charge < -0.3 is 9.64 Å². The maximum absolute atomic E-state index is 13.6. The molecule has 2 rings (SSSR count). The predicted octanol–water partition coefficient (Wildman–Crippen LogP) is 3.76. The fraction of sp³-hybridized carbons (Fsp3) is 0.188. The average molecular weight is 308 g/mol. The van der Waals surface area contributed by atoms with Gasteiger partial charge in [0, 0.05) is 24.2 Å². The lowest BCUT2D eigenvalue weighted by molar-refractivity contribution is 0.0784. The van der Waals surface area contributed by atoms with E-state index in [1.165, 1.54) is 24.1 Å². The lowest BCUT2D eigenvalue weighted by Crippen LogP contribution is -2.26. The van der Waals surface area contributed by atoms with Crippen molar-refractivity contribution in [1.82, 2.24) is 4.90 Å². The number of methoxy groups -OCH3 is 1. The number of amides is 1. The second kappa shape index (κ2) is 6.59. The Balaban J connectivity index is 2.11. The molecule has 0 aromatic heterocycles. The van der Waals surface area contributed by atoms with Crippen LogP contribution in [0.25, 0.3) is 0 Å². The van der Waals surface area contributed by atoms with Crippen molar-refractivity contribution in [3.63, 3.8) is 0 Å². The number of rotatable bonds is 4. The molecule has 5 heteroatoms. The van der Waals surface area contributed by atoms with Crippen LogP contribution in [-0.4, -0.2) is 25.0 Å². The smallest absolute Gasteiger partial charge is 0.254 e. The Morgan fingerprint density at radius 1 is 1.24 bits per heavy atom. The molecule has 0 aliphatic carbocycles. The van der Waals surface area contributed by atoms with Gasteiger partial charge in [-0.25, -0.2) is 4.39 Å². The summed E-state index contributed by atoms with van der Waals surface area (Å²) < 4.78 is 18.5. The van der Waals surface area contributed by atoms with E-state index in [9.17, 15) is 9.18 Å². The highest BCUT2D eigenvalue weighted by Gasteiger charge is 2.14. The quantitative estimate of drug-likeness (QED) is 0.860. The molecule has 2 aromatic carbocycles. The molecule has 21 heavy (non-hydrogen) atoms. The molecular weight excluding hydrogens is 293 g/mol. The van der Waals surface area contributed by atoms with E-state index in [0.717, 1.165) is 5.56 Å². The van der Waals surface area contributed by atoms with Crippen molar-refractivity contribution < 1.29 is 13.9 Å². The Morgan fingerprint density at radius 3 is 2.48 bits per heavy atom. The van der Waals surface area contributed by atoms with Crippen LogP contribution in [-0.2, 0) is 6.54 Å². The zero-order chi connectivity index (χ0) is 15.4. The van der Waals surface area contributed by atoms with Gasteiger partial charge in [-0.1, -0.05) is 23.7 Å². The predicted molar refractivity (Wildman–Crippen MR) is 80.2 cm³/mol. The summed E-state index contributed by atoms with van der Waals surface area (Å²) in [5.74, 6) is -0.693. The van der Waals surface area contributed by atoms with Crippen molar-refractivity contribution in [3.8, 4) is 5.75 Å². The van der Waals surface area contributed by atoms with Crippen LogP contribution < -0.4 is 4.74 Å². The van der Waals surface area contributed by atoms with Gasteiger partial charge in [-0.3, -0.25) is 4.79 Å². The number of nitrogens with zero attached hydrogens (tertiary/aromatic N) is 1. The lowest BCUT2D eigenvalue weighted by atomic mass is 10.1. The average Bonchev–Trinajstić information content (AvgIpc) is 2.48. The number of carbonyl (C=O) groups excluding carboxylic acids is 1. The highest BCUT2D eigenvalue weighted by Crippen LogP contribution is 2.19. The third-order valence-electron chi connectivity index (χ3n) is 3.08. The second-order valence-corrected chi connectivity index (χ2v) is 5.07. The Labute approximate surface area is 127 Å². The Morgan fingerprint density at radius 2 is 1.90 bits per heavy atom. The molecule has 0 atom stereocenters. The highest BCUT2D eigenvalue weighted by molar-refractivity contribution is 6.30. The number of hydrogen-bond acceptors (Lipinski definition) is 2. The molecule has 1 amide bonds. The number of benzene rings is 2. The molecule has 2 aromatic rings. The minimum Gasteiger partial charge on any atom is -0.494 e. The van der Waals surface area contributed by atoms with E-state index in [0.29, 0.717) is 11.6 Å². The molecule has 0 aliphatic rings. The fourth-order valence-electron chi connectivity index (χ4n) is 1.96. The Kier molecular flexibility index (Phi) is 4.81. The Hall–Kier alpha value is -2.07. The molecule has 0 fully saturated rings. The summed E-state index contributed by atoms with van der Waals surface area (Å²) in [6.45, 7) is 0.420. The number of ether oxygens (including phenoxy) is 1. The third kappa shape index (κ3) is 3.73. The molecule has 0 bridgehead atoms. The molecule has 0 saturated heterocycles. The second-order valence-electron chi connectivity index (χ2n) is 4.64. The first kappa shape index (κ1) is 15.3. The zero-order valence-electron chi connectivity index (χ0n) is 11.8. The maximum atomic E-state index is 13.6.